The van der Waals surface area contributed by atoms with Gasteiger partial charge in [-0.1, -0.05) is 40.5 Å². The molecule has 0 atom stereocenters. The van der Waals surface area contributed by atoms with Gasteiger partial charge in [0.15, 0.2) is 0 Å². The van der Waals surface area contributed by atoms with Crippen molar-refractivity contribution in [2.75, 3.05) is 6.54 Å². The summed E-state index contributed by atoms with van der Waals surface area (Å²) >= 11 is 3.96. The molecule has 0 unspecified atom stereocenters. The average molecular weight is 147 g/mol. The summed E-state index contributed by atoms with van der Waals surface area (Å²) in [6.45, 7) is 9.89. The average Bonchev–Trinajstić information content (AvgIpc) is 1.65. The fourth-order valence-electron chi connectivity index (χ4n) is 0.408. The molecule has 0 aromatic heterocycles. The fraction of sp³-hybridized carbons (Fsp3) is 1.00. The highest BCUT2D eigenvalue weighted by atomic mass is 32.1. The molecule has 1 nitrogen and oxygen atoms in total. The lowest BCUT2D eigenvalue weighted by atomic mass is 9.81. The van der Waals surface area contributed by atoms with E-state index in [1.165, 1.54) is 0 Å². The minimum absolute atomic E-state index is 0.363. The minimum atomic E-state index is 0.363. The normalized spacial score (nSPS) is 12.7. The van der Waals surface area contributed by atoms with Crippen LogP contribution in [-0.2, 0) is 0 Å². The first-order valence-electron chi connectivity index (χ1n) is 3.37. The van der Waals surface area contributed by atoms with Gasteiger partial charge in [0.1, 0.15) is 0 Å². The number of hydrogen-bond donors (Lipinski definition) is 2. The van der Waals surface area contributed by atoms with E-state index in [1.54, 1.807) is 0 Å². The molecule has 0 fully saturated rings. The summed E-state index contributed by atoms with van der Waals surface area (Å²) in [4.78, 5) is 0. The van der Waals surface area contributed by atoms with Crippen LogP contribution in [0.5, 0.6) is 0 Å². The summed E-state index contributed by atoms with van der Waals surface area (Å²) in [7, 11) is 0. The summed E-state index contributed by atoms with van der Waals surface area (Å²) in [5, 5.41) is 0. The van der Waals surface area contributed by atoms with Crippen molar-refractivity contribution < 1.29 is 0 Å². The van der Waals surface area contributed by atoms with Crippen LogP contribution >= 0.6 is 12.8 Å². The molecule has 9 heavy (non-hydrogen) atoms. The lowest BCUT2D eigenvalue weighted by Crippen LogP contribution is -2.29. The van der Waals surface area contributed by atoms with Gasteiger partial charge in [-0.05, 0) is 11.3 Å². The Morgan fingerprint density at radius 3 is 2.00 bits per heavy atom. The number of thiol groups is 1. The number of hydrogen-bond acceptors (Lipinski definition) is 2. The van der Waals surface area contributed by atoms with E-state index in [0.717, 1.165) is 6.54 Å². The Bertz CT molecular complexity index is 79.0. The van der Waals surface area contributed by atoms with Gasteiger partial charge in [0.25, 0.3) is 0 Å². The van der Waals surface area contributed by atoms with E-state index in [4.69, 9.17) is 0 Å². The Morgan fingerprint density at radius 2 is 1.89 bits per heavy atom. The summed E-state index contributed by atoms with van der Waals surface area (Å²) in [6, 6.07) is 0. The molecule has 0 aliphatic rings. The van der Waals surface area contributed by atoms with Crippen LogP contribution in [0, 0.1) is 11.3 Å². The van der Waals surface area contributed by atoms with E-state index in [-0.39, 0.29) is 0 Å². The second-order valence-electron chi connectivity index (χ2n) is 3.48. The molecular formula is C7H17NS. The number of rotatable bonds is 3. The van der Waals surface area contributed by atoms with Crippen molar-refractivity contribution in [1.82, 2.24) is 4.72 Å². The first-order chi connectivity index (χ1) is 4.00. The van der Waals surface area contributed by atoms with Gasteiger partial charge in [-0.25, -0.2) is 0 Å². The van der Waals surface area contributed by atoms with Gasteiger partial charge >= 0.3 is 0 Å². The molecule has 0 radical (unpaired) electrons. The molecule has 0 aromatic rings. The summed E-state index contributed by atoms with van der Waals surface area (Å²) in [6.07, 6.45) is 0. The molecule has 0 aliphatic heterocycles. The van der Waals surface area contributed by atoms with Crippen LogP contribution < -0.4 is 4.72 Å². The van der Waals surface area contributed by atoms with E-state index < -0.39 is 0 Å². The maximum Gasteiger partial charge on any atom is 0.0110 e. The second-order valence-corrected chi connectivity index (χ2v) is 3.79. The molecule has 0 aliphatic carbocycles. The van der Waals surface area contributed by atoms with Crippen LogP contribution in [0.3, 0.4) is 0 Å². The minimum Gasteiger partial charge on any atom is -0.266 e. The molecule has 0 heterocycles. The predicted molar refractivity (Wildman–Crippen MR) is 45.6 cm³/mol. The Morgan fingerprint density at radius 1 is 1.44 bits per heavy atom. The first kappa shape index (κ1) is 9.31. The Balaban J connectivity index is 3.70. The SMILES string of the molecule is CC(C)C(C)(C)CNS. The van der Waals surface area contributed by atoms with Crippen molar-refractivity contribution in [3.63, 3.8) is 0 Å². The molecule has 0 aromatic carbocycles. The smallest absolute Gasteiger partial charge is 0.0110 e. The van der Waals surface area contributed by atoms with Gasteiger partial charge in [-0.2, -0.15) is 0 Å². The molecule has 0 bridgehead atoms. The Kier molecular flexibility index (Phi) is 3.59. The summed E-state index contributed by atoms with van der Waals surface area (Å²) < 4.78 is 2.88. The monoisotopic (exact) mass is 147 g/mol. The highest BCUT2D eigenvalue weighted by molar-refractivity contribution is 7.78. The quantitative estimate of drug-likeness (QED) is 0.583. The summed E-state index contributed by atoms with van der Waals surface area (Å²) in [5.41, 5.74) is 0.363. The Labute approximate surface area is 63.8 Å². The fourth-order valence-corrected chi connectivity index (χ4v) is 0.815. The van der Waals surface area contributed by atoms with Crippen LogP contribution in [0.25, 0.3) is 0 Å². The van der Waals surface area contributed by atoms with Gasteiger partial charge in [0.2, 0.25) is 0 Å². The van der Waals surface area contributed by atoms with E-state index in [2.05, 4.69) is 45.2 Å². The van der Waals surface area contributed by atoms with E-state index in [0.29, 0.717) is 11.3 Å². The molecule has 1 N–H and O–H groups in total. The molecule has 0 saturated heterocycles. The lowest BCUT2D eigenvalue weighted by molar-refractivity contribution is 0.255. The van der Waals surface area contributed by atoms with Crippen molar-refractivity contribution >= 4 is 12.8 Å². The molecular weight excluding hydrogens is 130 g/mol. The molecule has 0 rings (SSSR count). The second kappa shape index (κ2) is 3.47. The molecule has 56 valence electrons. The third-order valence-electron chi connectivity index (χ3n) is 2.10. The van der Waals surface area contributed by atoms with Crippen molar-refractivity contribution in [2.24, 2.45) is 11.3 Å². The Hall–Kier alpha value is 0.310. The number of nitrogens with one attached hydrogen (secondary N) is 1. The van der Waals surface area contributed by atoms with Crippen LogP contribution in [0.15, 0.2) is 0 Å². The maximum atomic E-state index is 3.96. The first-order valence-corrected chi connectivity index (χ1v) is 3.82. The standard InChI is InChI=1S/C7H17NS/c1-6(2)7(3,4)5-8-9/h6,8-9H,5H2,1-4H3. The lowest BCUT2D eigenvalue weighted by Gasteiger charge is -2.28. The van der Waals surface area contributed by atoms with Crippen LogP contribution in [-0.4, -0.2) is 6.54 Å². The highest BCUT2D eigenvalue weighted by Gasteiger charge is 2.20. The highest BCUT2D eigenvalue weighted by Crippen LogP contribution is 2.24. The molecule has 0 spiro atoms. The van der Waals surface area contributed by atoms with E-state index in [1.807, 2.05) is 0 Å². The third-order valence-corrected chi connectivity index (χ3v) is 2.26. The van der Waals surface area contributed by atoms with E-state index in [9.17, 15) is 0 Å². The molecule has 2 heteroatoms. The van der Waals surface area contributed by atoms with Crippen molar-refractivity contribution in [3.8, 4) is 0 Å². The van der Waals surface area contributed by atoms with Crippen molar-refractivity contribution in [1.29, 1.82) is 0 Å². The van der Waals surface area contributed by atoms with Crippen LogP contribution in [0.1, 0.15) is 27.7 Å². The largest absolute Gasteiger partial charge is 0.266 e. The molecule has 0 saturated carbocycles. The zero-order valence-electron chi connectivity index (χ0n) is 6.73. The van der Waals surface area contributed by atoms with E-state index >= 15 is 0 Å². The van der Waals surface area contributed by atoms with Gasteiger partial charge in [0, 0.05) is 6.54 Å². The van der Waals surface area contributed by atoms with Crippen molar-refractivity contribution in [2.45, 2.75) is 27.7 Å². The van der Waals surface area contributed by atoms with Gasteiger partial charge in [-0.15, -0.1) is 0 Å². The van der Waals surface area contributed by atoms with Gasteiger partial charge in [-0.3, -0.25) is 4.72 Å². The predicted octanol–water partition coefficient (Wildman–Crippen LogP) is 2.10. The zero-order valence-corrected chi connectivity index (χ0v) is 7.63. The summed E-state index contributed by atoms with van der Waals surface area (Å²) in [5.74, 6) is 0.706. The third kappa shape index (κ3) is 3.11. The van der Waals surface area contributed by atoms with Gasteiger partial charge in [0.05, 0.1) is 0 Å². The topological polar surface area (TPSA) is 12.0 Å². The van der Waals surface area contributed by atoms with Crippen LogP contribution in [0.4, 0.5) is 0 Å². The van der Waals surface area contributed by atoms with Gasteiger partial charge < -0.3 is 0 Å². The molecule has 0 amide bonds. The van der Waals surface area contributed by atoms with Crippen LogP contribution in [0.2, 0.25) is 0 Å². The maximum absolute atomic E-state index is 3.96. The van der Waals surface area contributed by atoms with Crippen molar-refractivity contribution in [3.05, 3.63) is 0 Å². The zero-order chi connectivity index (χ0) is 7.49.